The Balaban J connectivity index is 1.28. The van der Waals surface area contributed by atoms with Crippen molar-refractivity contribution in [3.8, 4) is 0 Å². The molecule has 188 valence electrons. The summed E-state index contributed by atoms with van der Waals surface area (Å²) in [6.45, 7) is 2.48. The lowest BCUT2D eigenvalue weighted by Crippen LogP contribution is -2.47. The topological polar surface area (TPSA) is 99.4 Å². The Bertz CT molecular complexity index is 1310. The Kier molecular flexibility index (Phi) is 7.12. The third-order valence-corrected chi connectivity index (χ3v) is 6.47. The Morgan fingerprint density at radius 2 is 1.38 bits per heavy atom. The zero-order valence-electron chi connectivity index (χ0n) is 20.2. The molecule has 0 atom stereocenters. The molecule has 1 aliphatic heterocycles. The van der Waals surface area contributed by atoms with Gasteiger partial charge in [0.15, 0.2) is 11.6 Å². The monoisotopic (exact) mass is 497 g/mol. The molecule has 1 aliphatic rings. The summed E-state index contributed by atoms with van der Waals surface area (Å²) in [7, 11) is 0. The van der Waals surface area contributed by atoms with E-state index in [0.717, 1.165) is 11.1 Å². The first-order valence-electron chi connectivity index (χ1n) is 12.1. The van der Waals surface area contributed by atoms with Crippen LogP contribution >= 0.6 is 0 Å². The van der Waals surface area contributed by atoms with E-state index < -0.39 is 5.92 Å². The second-order valence-electron chi connectivity index (χ2n) is 8.75. The number of amides is 1. The van der Waals surface area contributed by atoms with Gasteiger partial charge in [-0.1, -0.05) is 72.8 Å². The third kappa shape index (κ3) is 5.30. The zero-order valence-corrected chi connectivity index (χ0v) is 20.2. The highest BCUT2D eigenvalue weighted by Gasteiger charge is 2.25. The molecule has 0 spiro atoms. The van der Waals surface area contributed by atoms with Gasteiger partial charge in [0.05, 0.1) is 11.6 Å². The third-order valence-electron chi connectivity index (χ3n) is 6.47. The quantitative estimate of drug-likeness (QED) is 0.334. The number of carbonyl (C=O) groups excluding carboxylic acids is 1. The number of nitrogens with zero attached hydrogens (tertiary/aromatic N) is 4. The first-order valence-corrected chi connectivity index (χ1v) is 12.1. The van der Waals surface area contributed by atoms with E-state index >= 15 is 0 Å². The minimum absolute atomic E-state index is 0.232. The number of piperazine rings is 1. The predicted molar refractivity (Wildman–Crippen MR) is 144 cm³/mol. The molecule has 8 nitrogen and oxygen atoms in total. The Morgan fingerprint density at radius 1 is 0.811 bits per heavy atom. The Morgan fingerprint density at radius 3 is 2.00 bits per heavy atom. The molecule has 0 unspecified atom stereocenters. The average Bonchev–Trinajstić information content (AvgIpc) is 2.94. The van der Waals surface area contributed by atoms with Crippen LogP contribution in [0.4, 0.5) is 27.4 Å². The van der Waals surface area contributed by atoms with Crippen molar-refractivity contribution in [3.63, 3.8) is 0 Å². The molecule has 0 aliphatic carbocycles. The van der Waals surface area contributed by atoms with Gasteiger partial charge in [0.25, 0.3) is 0 Å². The number of nitrogens with two attached hydrogens (primary N) is 1. The van der Waals surface area contributed by atoms with Gasteiger partial charge in [0.1, 0.15) is 17.8 Å². The number of nitrogens with one attached hydrogen (secondary N) is 2. The number of aromatic nitrogens is 2. The van der Waals surface area contributed by atoms with Crippen molar-refractivity contribution in [2.75, 3.05) is 47.1 Å². The normalized spacial score (nSPS) is 13.5. The van der Waals surface area contributed by atoms with Crippen LogP contribution in [0.15, 0.2) is 91.3 Å². The van der Waals surface area contributed by atoms with Crippen LogP contribution in [0.2, 0.25) is 0 Å². The fourth-order valence-electron chi connectivity index (χ4n) is 4.58. The molecule has 1 saturated heterocycles. The minimum Gasteiger partial charge on any atom is -0.393 e. The Hall–Kier alpha value is -4.66. The maximum Gasteiger partial charge on any atom is 0.250 e. The number of rotatable bonds is 7. The van der Waals surface area contributed by atoms with Gasteiger partial charge in [-0.15, -0.1) is 0 Å². The molecule has 37 heavy (non-hydrogen) atoms. The van der Waals surface area contributed by atoms with Gasteiger partial charge in [-0.25, -0.2) is 14.4 Å². The fourth-order valence-corrected chi connectivity index (χ4v) is 4.58. The lowest BCUT2D eigenvalue weighted by Gasteiger charge is -2.37. The van der Waals surface area contributed by atoms with Crippen LogP contribution < -0.4 is 26.4 Å². The van der Waals surface area contributed by atoms with E-state index in [1.54, 1.807) is 12.1 Å². The number of nitrogen functional groups attached to an aromatic ring is 1. The Labute approximate surface area is 214 Å². The maximum atomic E-state index is 14.2. The second kappa shape index (κ2) is 10.9. The summed E-state index contributed by atoms with van der Waals surface area (Å²) in [6.07, 6.45) is 1.41. The lowest BCUT2D eigenvalue weighted by atomic mass is 9.91. The van der Waals surface area contributed by atoms with Crippen LogP contribution in [0.1, 0.15) is 17.0 Å². The summed E-state index contributed by atoms with van der Waals surface area (Å²) in [6, 6.07) is 25.9. The van der Waals surface area contributed by atoms with E-state index in [1.807, 2.05) is 76.5 Å². The highest BCUT2D eigenvalue weighted by atomic mass is 19.1. The van der Waals surface area contributed by atoms with Crippen molar-refractivity contribution >= 4 is 28.9 Å². The SMILES string of the molecule is Nc1c(NNC(=O)C(c2ccccc2)c2ccccc2)ncnc1N1CCN(c2ccccc2F)CC1. The van der Waals surface area contributed by atoms with Gasteiger partial charge in [-0.2, -0.15) is 0 Å². The summed E-state index contributed by atoms with van der Waals surface area (Å²) in [5.41, 5.74) is 14.7. The summed E-state index contributed by atoms with van der Waals surface area (Å²) < 4.78 is 14.2. The molecule has 5 rings (SSSR count). The highest BCUT2D eigenvalue weighted by molar-refractivity contribution is 5.88. The number of hydrazine groups is 1. The molecule has 4 N–H and O–H groups in total. The molecule has 1 amide bonds. The van der Waals surface area contributed by atoms with Crippen molar-refractivity contribution in [3.05, 3.63) is 108 Å². The van der Waals surface area contributed by atoms with Crippen molar-refractivity contribution < 1.29 is 9.18 Å². The van der Waals surface area contributed by atoms with Crippen LogP contribution in [0.5, 0.6) is 0 Å². The van der Waals surface area contributed by atoms with Crippen molar-refractivity contribution in [1.29, 1.82) is 0 Å². The molecule has 3 aromatic carbocycles. The van der Waals surface area contributed by atoms with Crippen molar-refractivity contribution in [2.45, 2.75) is 5.92 Å². The van der Waals surface area contributed by atoms with Crippen LogP contribution in [0.3, 0.4) is 0 Å². The molecule has 1 fully saturated rings. The van der Waals surface area contributed by atoms with Gasteiger partial charge >= 0.3 is 0 Å². The number of para-hydroxylation sites is 1. The first kappa shape index (κ1) is 24.1. The summed E-state index contributed by atoms with van der Waals surface area (Å²) in [4.78, 5) is 26.0. The molecule has 1 aromatic heterocycles. The summed E-state index contributed by atoms with van der Waals surface area (Å²) in [5.74, 6) is -0.0965. The van der Waals surface area contributed by atoms with Gasteiger partial charge < -0.3 is 15.5 Å². The highest BCUT2D eigenvalue weighted by Crippen LogP contribution is 2.29. The molecule has 4 aromatic rings. The van der Waals surface area contributed by atoms with Crippen LogP contribution in [0, 0.1) is 5.82 Å². The zero-order chi connectivity index (χ0) is 25.6. The lowest BCUT2D eigenvalue weighted by molar-refractivity contribution is -0.121. The summed E-state index contributed by atoms with van der Waals surface area (Å²) in [5, 5.41) is 0. The van der Waals surface area contributed by atoms with Crippen LogP contribution in [-0.2, 0) is 4.79 Å². The molecule has 2 heterocycles. The van der Waals surface area contributed by atoms with E-state index in [-0.39, 0.29) is 11.7 Å². The minimum atomic E-state index is -0.510. The predicted octanol–water partition coefficient (Wildman–Crippen LogP) is 3.80. The molecular weight excluding hydrogens is 469 g/mol. The summed E-state index contributed by atoms with van der Waals surface area (Å²) >= 11 is 0. The molecule has 0 radical (unpaired) electrons. The van der Waals surface area contributed by atoms with Gasteiger partial charge in [-0.05, 0) is 23.3 Å². The van der Waals surface area contributed by atoms with Crippen LogP contribution in [0.25, 0.3) is 0 Å². The van der Waals surface area contributed by atoms with E-state index in [0.29, 0.717) is 49.2 Å². The van der Waals surface area contributed by atoms with E-state index in [4.69, 9.17) is 5.73 Å². The van der Waals surface area contributed by atoms with Crippen molar-refractivity contribution in [2.24, 2.45) is 0 Å². The van der Waals surface area contributed by atoms with E-state index in [2.05, 4.69) is 20.8 Å². The van der Waals surface area contributed by atoms with Gasteiger partial charge in [0.2, 0.25) is 5.91 Å². The largest absolute Gasteiger partial charge is 0.393 e. The molecular formula is C28H28FN7O. The maximum absolute atomic E-state index is 14.2. The number of benzene rings is 3. The smallest absolute Gasteiger partial charge is 0.250 e. The average molecular weight is 498 g/mol. The molecule has 9 heteroatoms. The number of anilines is 4. The molecule has 0 bridgehead atoms. The van der Waals surface area contributed by atoms with E-state index in [1.165, 1.54) is 12.4 Å². The standard InChI is InChI=1S/C28H28FN7O/c29-22-13-7-8-14-23(22)35-15-17-36(18-16-35)27-25(30)26(31-19-32-27)33-34-28(37)24(20-9-3-1-4-10-20)21-11-5-2-6-12-21/h1-14,19,24H,15-18,30H2,(H,34,37)(H,31,32,33). The van der Waals surface area contributed by atoms with E-state index in [9.17, 15) is 9.18 Å². The number of halogens is 1. The fraction of sp³-hybridized carbons (Fsp3) is 0.179. The van der Waals surface area contributed by atoms with Gasteiger partial charge in [-0.3, -0.25) is 15.6 Å². The number of hydrogen-bond donors (Lipinski definition) is 3. The number of hydrogen-bond acceptors (Lipinski definition) is 7. The number of carbonyl (C=O) groups is 1. The molecule has 0 saturated carbocycles. The van der Waals surface area contributed by atoms with Gasteiger partial charge in [0, 0.05) is 26.2 Å². The van der Waals surface area contributed by atoms with Crippen LogP contribution in [-0.4, -0.2) is 42.1 Å². The van der Waals surface area contributed by atoms with Crippen molar-refractivity contribution in [1.82, 2.24) is 15.4 Å². The second-order valence-corrected chi connectivity index (χ2v) is 8.75. The first-order chi connectivity index (χ1) is 18.1.